The normalized spacial score (nSPS) is 17.0. The molecule has 136 valence electrons. The quantitative estimate of drug-likeness (QED) is 0.910. The van der Waals surface area contributed by atoms with Crippen molar-refractivity contribution in [1.29, 1.82) is 0 Å². The summed E-state index contributed by atoms with van der Waals surface area (Å²) in [5, 5.41) is 2.75. The fourth-order valence-electron chi connectivity index (χ4n) is 3.70. The van der Waals surface area contributed by atoms with Crippen molar-refractivity contribution in [2.75, 3.05) is 41.3 Å². The van der Waals surface area contributed by atoms with Crippen LogP contribution in [0.5, 0.6) is 0 Å². The van der Waals surface area contributed by atoms with Crippen molar-refractivity contribution in [3.8, 4) is 0 Å². The first-order valence-electron chi connectivity index (χ1n) is 9.28. The number of rotatable bonds is 4. The van der Waals surface area contributed by atoms with Crippen LogP contribution in [0.3, 0.4) is 0 Å². The van der Waals surface area contributed by atoms with E-state index in [-0.39, 0.29) is 11.6 Å². The zero-order valence-electron chi connectivity index (χ0n) is 14.7. The summed E-state index contributed by atoms with van der Waals surface area (Å²) in [4.78, 5) is 21.4. The second-order valence-electron chi connectivity index (χ2n) is 6.88. The van der Waals surface area contributed by atoms with Crippen LogP contribution >= 0.6 is 0 Å². The highest BCUT2D eigenvalue weighted by atomic mass is 19.1. The lowest BCUT2D eigenvalue weighted by atomic mass is 10.2. The minimum Gasteiger partial charge on any atom is -0.370 e. The standard InChI is InChI=1S/C20H23FN4O/c21-16-6-5-7-17(24-10-1-2-11-24)19(16)23-20(26)15-8-9-18(22-14-15)25-12-3-4-13-25/h5-9,14H,1-4,10-13H2,(H,23,26). The first-order chi connectivity index (χ1) is 12.7. The van der Waals surface area contributed by atoms with Crippen LogP contribution in [-0.4, -0.2) is 37.1 Å². The van der Waals surface area contributed by atoms with Crippen LogP contribution in [0.15, 0.2) is 36.5 Å². The predicted octanol–water partition coefficient (Wildman–Crippen LogP) is 3.67. The van der Waals surface area contributed by atoms with Gasteiger partial charge in [0.25, 0.3) is 5.91 Å². The maximum absolute atomic E-state index is 14.4. The number of nitrogens with zero attached hydrogens (tertiary/aromatic N) is 3. The van der Waals surface area contributed by atoms with E-state index in [1.807, 2.05) is 12.1 Å². The molecule has 5 nitrogen and oxygen atoms in total. The lowest BCUT2D eigenvalue weighted by Crippen LogP contribution is -2.22. The summed E-state index contributed by atoms with van der Waals surface area (Å²) in [7, 11) is 0. The number of aromatic nitrogens is 1. The molecular formula is C20H23FN4O. The van der Waals surface area contributed by atoms with Gasteiger partial charge >= 0.3 is 0 Å². The number of amides is 1. The molecule has 2 saturated heterocycles. The smallest absolute Gasteiger partial charge is 0.257 e. The monoisotopic (exact) mass is 354 g/mol. The molecule has 0 aliphatic carbocycles. The van der Waals surface area contributed by atoms with Crippen LogP contribution in [0.4, 0.5) is 21.6 Å². The van der Waals surface area contributed by atoms with Gasteiger partial charge in [-0.05, 0) is 49.9 Å². The number of hydrogen-bond donors (Lipinski definition) is 1. The van der Waals surface area contributed by atoms with E-state index in [1.54, 1.807) is 18.3 Å². The van der Waals surface area contributed by atoms with Gasteiger partial charge < -0.3 is 15.1 Å². The lowest BCUT2D eigenvalue weighted by molar-refractivity contribution is 0.102. The third kappa shape index (κ3) is 3.36. The Hall–Kier alpha value is -2.63. The molecule has 2 fully saturated rings. The Bertz CT molecular complexity index is 781. The second-order valence-corrected chi connectivity index (χ2v) is 6.88. The fraction of sp³-hybridized carbons (Fsp3) is 0.400. The number of hydrogen-bond acceptors (Lipinski definition) is 4. The second kappa shape index (κ2) is 7.32. The Labute approximate surface area is 152 Å². The molecule has 1 aromatic carbocycles. The SMILES string of the molecule is O=C(Nc1c(F)cccc1N1CCCC1)c1ccc(N2CCCC2)nc1. The Morgan fingerprint density at radius 1 is 0.962 bits per heavy atom. The molecule has 0 saturated carbocycles. The van der Waals surface area contributed by atoms with Crippen LogP contribution < -0.4 is 15.1 Å². The molecule has 2 aromatic rings. The number of halogens is 1. The minimum atomic E-state index is -0.413. The van der Waals surface area contributed by atoms with E-state index in [1.165, 1.54) is 18.9 Å². The third-order valence-corrected chi connectivity index (χ3v) is 5.12. The molecule has 2 aliphatic heterocycles. The van der Waals surface area contributed by atoms with Gasteiger partial charge in [0.05, 0.1) is 11.3 Å². The summed E-state index contributed by atoms with van der Waals surface area (Å²) in [5.74, 6) is 0.142. The average Bonchev–Trinajstić information content (AvgIpc) is 3.37. The number of para-hydroxylation sites is 1. The van der Waals surface area contributed by atoms with Crippen LogP contribution in [0, 0.1) is 5.82 Å². The predicted molar refractivity (Wildman–Crippen MR) is 101 cm³/mol. The fourth-order valence-corrected chi connectivity index (χ4v) is 3.70. The number of carbonyl (C=O) groups is 1. The first-order valence-corrected chi connectivity index (χ1v) is 9.28. The summed E-state index contributed by atoms with van der Waals surface area (Å²) >= 11 is 0. The number of carbonyl (C=O) groups excluding carboxylic acids is 1. The molecule has 0 unspecified atom stereocenters. The first kappa shape index (κ1) is 16.8. The van der Waals surface area contributed by atoms with Gasteiger partial charge in [-0.3, -0.25) is 4.79 Å². The molecule has 2 aliphatic rings. The molecule has 0 spiro atoms. The highest BCUT2D eigenvalue weighted by Gasteiger charge is 2.20. The van der Waals surface area contributed by atoms with E-state index in [0.717, 1.165) is 50.5 Å². The van der Waals surface area contributed by atoms with Crippen molar-refractivity contribution >= 4 is 23.1 Å². The van der Waals surface area contributed by atoms with E-state index >= 15 is 0 Å². The van der Waals surface area contributed by atoms with Crippen LogP contribution in [0.2, 0.25) is 0 Å². The van der Waals surface area contributed by atoms with E-state index in [9.17, 15) is 9.18 Å². The Kier molecular flexibility index (Phi) is 4.73. The summed E-state index contributed by atoms with van der Waals surface area (Å²) in [6, 6.07) is 8.54. The molecule has 4 rings (SSSR count). The molecule has 1 amide bonds. The topological polar surface area (TPSA) is 48.5 Å². The number of pyridine rings is 1. The maximum Gasteiger partial charge on any atom is 0.257 e. The molecule has 1 N–H and O–H groups in total. The van der Waals surface area contributed by atoms with Crippen molar-refractivity contribution in [1.82, 2.24) is 4.98 Å². The molecule has 1 aromatic heterocycles. The van der Waals surface area contributed by atoms with E-state index < -0.39 is 5.82 Å². The highest BCUT2D eigenvalue weighted by molar-refractivity contribution is 6.06. The van der Waals surface area contributed by atoms with E-state index in [0.29, 0.717) is 5.56 Å². The van der Waals surface area contributed by atoms with E-state index in [2.05, 4.69) is 20.1 Å². The van der Waals surface area contributed by atoms with E-state index in [4.69, 9.17) is 0 Å². The molecule has 0 radical (unpaired) electrons. The Morgan fingerprint density at radius 2 is 1.65 bits per heavy atom. The number of benzene rings is 1. The largest absolute Gasteiger partial charge is 0.370 e. The lowest BCUT2D eigenvalue weighted by Gasteiger charge is -2.22. The van der Waals surface area contributed by atoms with Gasteiger partial charge in [0.2, 0.25) is 0 Å². The molecule has 3 heterocycles. The van der Waals surface area contributed by atoms with Gasteiger partial charge in [0.1, 0.15) is 17.3 Å². The van der Waals surface area contributed by atoms with Gasteiger partial charge in [-0.2, -0.15) is 0 Å². The number of nitrogens with one attached hydrogen (secondary N) is 1. The molecule has 0 atom stereocenters. The van der Waals surface area contributed by atoms with Crippen molar-refractivity contribution in [3.05, 3.63) is 47.9 Å². The molecule has 26 heavy (non-hydrogen) atoms. The average molecular weight is 354 g/mol. The highest BCUT2D eigenvalue weighted by Crippen LogP contribution is 2.31. The van der Waals surface area contributed by atoms with Gasteiger partial charge in [-0.1, -0.05) is 6.07 Å². The maximum atomic E-state index is 14.4. The zero-order chi connectivity index (χ0) is 17.9. The van der Waals surface area contributed by atoms with Crippen LogP contribution in [0.25, 0.3) is 0 Å². The van der Waals surface area contributed by atoms with Crippen molar-refractivity contribution in [3.63, 3.8) is 0 Å². The summed E-state index contributed by atoms with van der Waals surface area (Å²) < 4.78 is 14.4. The van der Waals surface area contributed by atoms with Gasteiger partial charge in [-0.25, -0.2) is 9.37 Å². The Morgan fingerprint density at radius 3 is 2.31 bits per heavy atom. The van der Waals surface area contributed by atoms with Crippen LogP contribution in [-0.2, 0) is 0 Å². The van der Waals surface area contributed by atoms with Crippen molar-refractivity contribution in [2.45, 2.75) is 25.7 Å². The third-order valence-electron chi connectivity index (χ3n) is 5.12. The summed E-state index contributed by atoms with van der Waals surface area (Å²) in [6.07, 6.45) is 6.10. The zero-order valence-corrected chi connectivity index (χ0v) is 14.7. The van der Waals surface area contributed by atoms with Crippen LogP contribution in [0.1, 0.15) is 36.0 Å². The molecule has 0 bridgehead atoms. The Balaban J connectivity index is 1.52. The van der Waals surface area contributed by atoms with Gasteiger partial charge in [0.15, 0.2) is 0 Å². The summed E-state index contributed by atoms with van der Waals surface area (Å²) in [5.41, 5.74) is 1.43. The van der Waals surface area contributed by atoms with Gasteiger partial charge in [-0.15, -0.1) is 0 Å². The minimum absolute atomic E-state index is 0.253. The van der Waals surface area contributed by atoms with Gasteiger partial charge in [0, 0.05) is 32.4 Å². The van der Waals surface area contributed by atoms with Crippen molar-refractivity contribution in [2.24, 2.45) is 0 Å². The molecular weight excluding hydrogens is 331 g/mol. The van der Waals surface area contributed by atoms with Crippen molar-refractivity contribution < 1.29 is 9.18 Å². The number of anilines is 3. The molecule has 6 heteroatoms. The summed E-state index contributed by atoms with van der Waals surface area (Å²) in [6.45, 7) is 3.79.